The van der Waals surface area contributed by atoms with Crippen molar-refractivity contribution in [1.82, 2.24) is 14.9 Å². The van der Waals surface area contributed by atoms with E-state index in [9.17, 15) is 9.90 Å². The Bertz CT molecular complexity index is 1200. The van der Waals surface area contributed by atoms with Crippen molar-refractivity contribution in [2.24, 2.45) is 0 Å². The molecule has 30 heavy (non-hydrogen) atoms. The number of nitrogens with zero attached hydrogens (tertiary/aromatic N) is 2. The van der Waals surface area contributed by atoms with Gasteiger partial charge in [0.15, 0.2) is 0 Å². The van der Waals surface area contributed by atoms with Crippen LogP contribution in [0.15, 0.2) is 84.9 Å². The van der Waals surface area contributed by atoms with Crippen LogP contribution in [0, 0.1) is 0 Å². The molecule has 1 aromatic heterocycles. The quantitative estimate of drug-likeness (QED) is 0.479. The van der Waals surface area contributed by atoms with Crippen LogP contribution in [0.2, 0.25) is 0 Å². The van der Waals surface area contributed by atoms with Gasteiger partial charge in [-0.3, -0.25) is 4.79 Å². The van der Waals surface area contributed by atoms with E-state index in [2.05, 4.69) is 9.88 Å². The summed E-state index contributed by atoms with van der Waals surface area (Å²) in [6.45, 7) is 0.387. The van der Waals surface area contributed by atoms with E-state index in [0.717, 1.165) is 33.5 Å². The molecule has 0 aliphatic carbocycles. The van der Waals surface area contributed by atoms with Gasteiger partial charge in [-0.05, 0) is 35.4 Å². The smallest absolute Gasteiger partial charge is 0.243 e. The number of hydrogen-bond acceptors (Lipinski definition) is 3. The summed E-state index contributed by atoms with van der Waals surface area (Å²) in [5.74, 6) is 0.625. The number of aliphatic hydroxyl groups is 1. The Morgan fingerprint density at radius 2 is 1.83 bits per heavy atom. The number of para-hydroxylation sites is 2. The Morgan fingerprint density at radius 1 is 1.07 bits per heavy atom. The molecule has 4 rings (SSSR count). The van der Waals surface area contributed by atoms with Crippen molar-refractivity contribution in [3.63, 3.8) is 0 Å². The maximum atomic E-state index is 11.5. The normalized spacial score (nSPS) is 12.3. The van der Waals surface area contributed by atoms with Gasteiger partial charge in [-0.1, -0.05) is 60.7 Å². The van der Waals surface area contributed by atoms with E-state index in [1.54, 1.807) is 13.1 Å². The van der Waals surface area contributed by atoms with E-state index in [4.69, 9.17) is 4.98 Å². The van der Waals surface area contributed by atoms with Crippen LogP contribution in [-0.4, -0.2) is 27.6 Å². The van der Waals surface area contributed by atoms with Gasteiger partial charge in [0, 0.05) is 18.7 Å². The Hall–Kier alpha value is -3.70. The summed E-state index contributed by atoms with van der Waals surface area (Å²) in [6, 6.07) is 25.4. The maximum Gasteiger partial charge on any atom is 0.243 e. The Morgan fingerprint density at radius 3 is 2.63 bits per heavy atom. The van der Waals surface area contributed by atoms with Gasteiger partial charge in [-0.15, -0.1) is 0 Å². The minimum atomic E-state index is -0.654. The summed E-state index contributed by atoms with van der Waals surface area (Å²) in [5.41, 5.74) is 4.53. The lowest BCUT2D eigenvalue weighted by Gasteiger charge is -2.15. The molecule has 150 valence electrons. The van der Waals surface area contributed by atoms with Gasteiger partial charge in [-0.2, -0.15) is 0 Å². The predicted octanol–water partition coefficient (Wildman–Crippen LogP) is 4.20. The van der Waals surface area contributed by atoms with Crippen LogP contribution in [-0.2, 0) is 11.3 Å². The SMILES string of the molecule is CNC(=O)/C=C/c1cccc(-c2nc3ccccc3n2C[C@@H](O)c2ccccc2)c1. The summed E-state index contributed by atoms with van der Waals surface area (Å²) in [4.78, 5) is 16.4. The number of aliphatic hydroxyl groups excluding tert-OH is 1. The fraction of sp³-hybridized carbons (Fsp3) is 0.120. The highest BCUT2D eigenvalue weighted by Gasteiger charge is 2.16. The molecule has 1 heterocycles. The second kappa shape index (κ2) is 8.76. The minimum absolute atomic E-state index is 0.154. The zero-order valence-corrected chi connectivity index (χ0v) is 16.7. The fourth-order valence-corrected chi connectivity index (χ4v) is 3.47. The topological polar surface area (TPSA) is 67.2 Å². The van der Waals surface area contributed by atoms with Crippen LogP contribution in [0.25, 0.3) is 28.5 Å². The van der Waals surface area contributed by atoms with E-state index in [1.807, 2.05) is 78.9 Å². The molecule has 5 heteroatoms. The van der Waals surface area contributed by atoms with Crippen molar-refractivity contribution >= 4 is 23.0 Å². The van der Waals surface area contributed by atoms with Crippen molar-refractivity contribution < 1.29 is 9.90 Å². The summed E-state index contributed by atoms with van der Waals surface area (Å²) in [7, 11) is 1.60. The van der Waals surface area contributed by atoms with E-state index < -0.39 is 6.10 Å². The predicted molar refractivity (Wildman–Crippen MR) is 120 cm³/mol. The lowest BCUT2D eigenvalue weighted by Crippen LogP contribution is -2.13. The number of amides is 1. The molecule has 3 aromatic carbocycles. The zero-order chi connectivity index (χ0) is 20.9. The molecule has 0 saturated heterocycles. The van der Waals surface area contributed by atoms with Gasteiger partial charge in [0.2, 0.25) is 5.91 Å². The molecule has 5 nitrogen and oxygen atoms in total. The summed E-state index contributed by atoms with van der Waals surface area (Å²) in [5, 5.41) is 13.4. The van der Waals surface area contributed by atoms with Crippen molar-refractivity contribution in [3.05, 3.63) is 96.1 Å². The standard InChI is InChI=1S/C25H23N3O2/c1-26-24(30)15-14-18-8-7-11-20(16-18)25-27-21-12-5-6-13-22(21)28(25)17-23(29)19-9-3-2-4-10-19/h2-16,23,29H,17H2,1H3,(H,26,30)/b15-14+/t23-/m1/s1. The van der Waals surface area contributed by atoms with Gasteiger partial charge in [-0.25, -0.2) is 4.98 Å². The average Bonchev–Trinajstić information content (AvgIpc) is 3.16. The van der Waals surface area contributed by atoms with Crippen LogP contribution in [0.1, 0.15) is 17.2 Å². The van der Waals surface area contributed by atoms with Crippen molar-refractivity contribution in [1.29, 1.82) is 0 Å². The van der Waals surface area contributed by atoms with Gasteiger partial charge in [0.25, 0.3) is 0 Å². The number of fused-ring (bicyclic) bond motifs is 1. The first-order valence-electron chi connectivity index (χ1n) is 9.84. The molecule has 2 N–H and O–H groups in total. The molecule has 0 fully saturated rings. The minimum Gasteiger partial charge on any atom is -0.387 e. The molecule has 4 aromatic rings. The second-order valence-electron chi connectivity index (χ2n) is 7.03. The Labute approximate surface area is 175 Å². The van der Waals surface area contributed by atoms with Crippen molar-refractivity contribution in [3.8, 4) is 11.4 Å². The Kier molecular flexibility index (Phi) is 5.72. The third-order valence-electron chi connectivity index (χ3n) is 5.01. The molecular weight excluding hydrogens is 374 g/mol. The highest BCUT2D eigenvalue weighted by Crippen LogP contribution is 2.28. The maximum absolute atomic E-state index is 11.5. The van der Waals surface area contributed by atoms with Gasteiger partial charge < -0.3 is 15.0 Å². The third kappa shape index (κ3) is 4.16. The molecule has 0 aliphatic rings. The van der Waals surface area contributed by atoms with E-state index in [-0.39, 0.29) is 5.91 Å². The molecule has 1 amide bonds. The first kappa shape index (κ1) is 19.6. The van der Waals surface area contributed by atoms with Crippen LogP contribution >= 0.6 is 0 Å². The van der Waals surface area contributed by atoms with Crippen LogP contribution < -0.4 is 5.32 Å². The van der Waals surface area contributed by atoms with Crippen molar-refractivity contribution in [2.75, 3.05) is 7.05 Å². The first-order chi connectivity index (χ1) is 14.7. The number of likely N-dealkylation sites (N-methyl/N-ethyl adjacent to an activating group) is 1. The number of nitrogens with one attached hydrogen (secondary N) is 1. The number of aromatic nitrogens is 2. The molecule has 0 aliphatic heterocycles. The number of benzene rings is 3. The summed E-state index contributed by atoms with van der Waals surface area (Å²) < 4.78 is 2.05. The molecule has 1 atom stereocenters. The number of hydrogen-bond donors (Lipinski definition) is 2. The molecule has 0 bridgehead atoms. The molecule has 0 unspecified atom stereocenters. The molecule has 0 saturated carbocycles. The van der Waals surface area contributed by atoms with E-state index >= 15 is 0 Å². The van der Waals surface area contributed by atoms with Gasteiger partial charge in [0.1, 0.15) is 5.82 Å². The number of carbonyl (C=O) groups is 1. The second-order valence-corrected chi connectivity index (χ2v) is 7.03. The van der Waals surface area contributed by atoms with Crippen molar-refractivity contribution in [2.45, 2.75) is 12.6 Å². The lowest BCUT2D eigenvalue weighted by molar-refractivity contribution is -0.115. The van der Waals surface area contributed by atoms with Crippen LogP contribution in [0.5, 0.6) is 0 Å². The average molecular weight is 397 g/mol. The fourth-order valence-electron chi connectivity index (χ4n) is 3.47. The molecular formula is C25H23N3O2. The largest absolute Gasteiger partial charge is 0.387 e. The first-order valence-corrected chi connectivity index (χ1v) is 9.84. The van der Waals surface area contributed by atoms with Gasteiger partial charge in [0.05, 0.1) is 23.7 Å². The Balaban J connectivity index is 1.75. The van der Waals surface area contributed by atoms with Crippen LogP contribution in [0.4, 0.5) is 0 Å². The van der Waals surface area contributed by atoms with E-state index in [1.165, 1.54) is 6.08 Å². The van der Waals surface area contributed by atoms with Crippen LogP contribution in [0.3, 0.4) is 0 Å². The number of rotatable bonds is 6. The number of carbonyl (C=O) groups excluding carboxylic acids is 1. The van der Waals surface area contributed by atoms with Gasteiger partial charge >= 0.3 is 0 Å². The molecule has 0 spiro atoms. The monoisotopic (exact) mass is 397 g/mol. The highest BCUT2D eigenvalue weighted by molar-refractivity contribution is 5.91. The summed E-state index contributed by atoms with van der Waals surface area (Å²) in [6.07, 6.45) is 2.62. The molecule has 0 radical (unpaired) electrons. The third-order valence-corrected chi connectivity index (χ3v) is 5.01. The zero-order valence-electron chi connectivity index (χ0n) is 16.7. The lowest BCUT2D eigenvalue weighted by atomic mass is 10.1. The highest BCUT2D eigenvalue weighted by atomic mass is 16.3. The number of imidazole rings is 1. The summed E-state index contributed by atoms with van der Waals surface area (Å²) >= 11 is 0. The van der Waals surface area contributed by atoms with E-state index in [0.29, 0.717) is 6.54 Å².